The van der Waals surface area contributed by atoms with Gasteiger partial charge in [0.1, 0.15) is 11.8 Å². The first-order chi connectivity index (χ1) is 5.40. The van der Waals surface area contributed by atoms with Crippen LogP contribution in [0.15, 0.2) is 18.7 Å². The molecule has 2 aromatic heterocycles. The van der Waals surface area contributed by atoms with E-state index in [0.717, 1.165) is 5.52 Å². The second-order valence-electron chi connectivity index (χ2n) is 2.14. The molecular weight excluding hydrogens is 142 g/mol. The SMILES string of the molecule is NCc1ncc2cncn2n1. The fourth-order valence-electron chi connectivity index (χ4n) is 0.859. The van der Waals surface area contributed by atoms with E-state index in [4.69, 9.17) is 5.73 Å². The van der Waals surface area contributed by atoms with Crippen molar-refractivity contribution >= 4 is 5.52 Å². The first kappa shape index (κ1) is 6.23. The molecule has 56 valence electrons. The van der Waals surface area contributed by atoms with Gasteiger partial charge in [0.2, 0.25) is 0 Å². The van der Waals surface area contributed by atoms with Gasteiger partial charge in [0.25, 0.3) is 0 Å². The quantitative estimate of drug-likeness (QED) is 0.598. The largest absolute Gasteiger partial charge is 0.324 e. The van der Waals surface area contributed by atoms with Crippen LogP contribution in [0.4, 0.5) is 0 Å². The highest BCUT2D eigenvalue weighted by atomic mass is 15.3. The van der Waals surface area contributed by atoms with Crippen LogP contribution in [-0.4, -0.2) is 19.6 Å². The van der Waals surface area contributed by atoms with Crippen molar-refractivity contribution in [2.24, 2.45) is 5.73 Å². The average molecular weight is 149 g/mol. The molecule has 5 nitrogen and oxygen atoms in total. The monoisotopic (exact) mass is 149 g/mol. The van der Waals surface area contributed by atoms with E-state index < -0.39 is 0 Å². The number of aromatic nitrogens is 4. The van der Waals surface area contributed by atoms with E-state index in [1.165, 1.54) is 0 Å². The molecule has 0 fully saturated rings. The van der Waals surface area contributed by atoms with Crippen molar-refractivity contribution in [3.63, 3.8) is 0 Å². The predicted molar refractivity (Wildman–Crippen MR) is 38.7 cm³/mol. The van der Waals surface area contributed by atoms with E-state index in [1.807, 2.05) is 0 Å². The van der Waals surface area contributed by atoms with Crippen LogP contribution in [0.1, 0.15) is 5.82 Å². The maximum Gasteiger partial charge on any atom is 0.162 e. The van der Waals surface area contributed by atoms with Gasteiger partial charge in [-0.15, -0.1) is 5.10 Å². The highest BCUT2D eigenvalue weighted by Gasteiger charge is 1.95. The van der Waals surface area contributed by atoms with Crippen LogP contribution in [0.2, 0.25) is 0 Å². The van der Waals surface area contributed by atoms with Crippen molar-refractivity contribution in [1.29, 1.82) is 0 Å². The Labute approximate surface area is 62.9 Å². The van der Waals surface area contributed by atoms with Crippen molar-refractivity contribution < 1.29 is 0 Å². The maximum absolute atomic E-state index is 5.35. The molecular formula is C6H7N5. The summed E-state index contributed by atoms with van der Waals surface area (Å²) in [7, 11) is 0. The number of nitrogens with zero attached hydrogens (tertiary/aromatic N) is 4. The van der Waals surface area contributed by atoms with E-state index >= 15 is 0 Å². The number of hydrogen-bond acceptors (Lipinski definition) is 4. The molecule has 0 aliphatic rings. The lowest BCUT2D eigenvalue weighted by molar-refractivity contribution is 0.794. The molecule has 2 heterocycles. The van der Waals surface area contributed by atoms with Gasteiger partial charge in [0, 0.05) is 0 Å². The van der Waals surface area contributed by atoms with Crippen LogP contribution in [0.5, 0.6) is 0 Å². The summed E-state index contributed by atoms with van der Waals surface area (Å²) in [6, 6.07) is 0. The molecule has 0 saturated heterocycles. The summed E-state index contributed by atoms with van der Waals surface area (Å²) in [5.41, 5.74) is 6.23. The topological polar surface area (TPSA) is 69.1 Å². The first-order valence-electron chi connectivity index (χ1n) is 3.24. The summed E-state index contributed by atoms with van der Waals surface area (Å²) in [4.78, 5) is 7.90. The molecule has 0 aliphatic heterocycles. The van der Waals surface area contributed by atoms with Gasteiger partial charge in [-0.25, -0.2) is 14.5 Å². The Bertz CT molecular complexity index is 366. The van der Waals surface area contributed by atoms with Gasteiger partial charge in [0.05, 0.1) is 18.9 Å². The van der Waals surface area contributed by atoms with E-state index in [0.29, 0.717) is 12.4 Å². The molecule has 11 heavy (non-hydrogen) atoms. The maximum atomic E-state index is 5.35. The van der Waals surface area contributed by atoms with Gasteiger partial charge in [-0.1, -0.05) is 0 Å². The van der Waals surface area contributed by atoms with Crippen LogP contribution in [-0.2, 0) is 6.54 Å². The van der Waals surface area contributed by atoms with Crippen molar-refractivity contribution in [3.8, 4) is 0 Å². The lowest BCUT2D eigenvalue weighted by Crippen LogP contribution is -2.05. The third kappa shape index (κ3) is 0.947. The molecule has 0 atom stereocenters. The fourth-order valence-corrected chi connectivity index (χ4v) is 0.859. The van der Waals surface area contributed by atoms with Crippen molar-refractivity contribution in [2.45, 2.75) is 6.54 Å². The lowest BCUT2D eigenvalue weighted by atomic mass is 10.6. The van der Waals surface area contributed by atoms with Crippen LogP contribution < -0.4 is 5.73 Å². The fraction of sp³-hybridized carbons (Fsp3) is 0.167. The predicted octanol–water partition coefficient (Wildman–Crippen LogP) is -0.417. The average Bonchev–Trinajstić information content (AvgIpc) is 2.50. The van der Waals surface area contributed by atoms with Crippen LogP contribution in [0, 0.1) is 0 Å². The Kier molecular flexibility index (Phi) is 1.29. The Morgan fingerprint density at radius 3 is 3.18 bits per heavy atom. The van der Waals surface area contributed by atoms with Gasteiger partial charge in [-0.05, 0) is 0 Å². The molecule has 0 spiro atoms. The third-order valence-electron chi connectivity index (χ3n) is 1.40. The number of hydrogen-bond donors (Lipinski definition) is 1. The smallest absolute Gasteiger partial charge is 0.162 e. The minimum atomic E-state index is 0.355. The molecule has 0 unspecified atom stereocenters. The molecule has 0 amide bonds. The van der Waals surface area contributed by atoms with E-state index in [2.05, 4.69) is 15.1 Å². The molecule has 5 heteroatoms. The van der Waals surface area contributed by atoms with Gasteiger partial charge in [-0.2, -0.15) is 0 Å². The number of rotatable bonds is 1. The number of nitrogens with two attached hydrogens (primary N) is 1. The number of fused-ring (bicyclic) bond motifs is 1. The summed E-state index contributed by atoms with van der Waals surface area (Å²) in [6.45, 7) is 0.355. The standard InChI is InChI=1S/C6H7N5/c7-1-6-9-3-5-2-8-4-11(5)10-6/h2-4H,1,7H2. The van der Waals surface area contributed by atoms with Crippen LogP contribution in [0.3, 0.4) is 0 Å². The summed E-state index contributed by atoms with van der Waals surface area (Å²) >= 11 is 0. The van der Waals surface area contributed by atoms with E-state index in [1.54, 1.807) is 23.2 Å². The van der Waals surface area contributed by atoms with Crippen molar-refractivity contribution in [1.82, 2.24) is 19.6 Å². The second kappa shape index (κ2) is 2.28. The normalized spacial score (nSPS) is 10.6. The molecule has 0 aliphatic carbocycles. The zero-order valence-corrected chi connectivity index (χ0v) is 5.81. The summed E-state index contributed by atoms with van der Waals surface area (Å²) in [5.74, 6) is 0.621. The summed E-state index contributed by atoms with van der Waals surface area (Å²) in [5, 5.41) is 4.07. The Hall–Kier alpha value is -1.49. The zero-order chi connectivity index (χ0) is 7.68. The second-order valence-corrected chi connectivity index (χ2v) is 2.14. The molecule has 0 aromatic carbocycles. The Morgan fingerprint density at radius 1 is 1.45 bits per heavy atom. The first-order valence-corrected chi connectivity index (χ1v) is 3.24. The number of imidazole rings is 1. The van der Waals surface area contributed by atoms with E-state index in [-0.39, 0.29) is 0 Å². The van der Waals surface area contributed by atoms with E-state index in [9.17, 15) is 0 Å². The Balaban J connectivity index is 2.67. The molecule has 2 aromatic rings. The molecule has 2 rings (SSSR count). The highest BCUT2D eigenvalue weighted by molar-refractivity contribution is 5.39. The van der Waals surface area contributed by atoms with Crippen molar-refractivity contribution in [2.75, 3.05) is 0 Å². The van der Waals surface area contributed by atoms with Gasteiger partial charge < -0.3 is 5.73 Å². The molecule has 0 bridgehead atoms. The van der Waals surface area contributed by atoms with Crippen LogP contribution in [0.25, 0.3) is 5.52 Å². The minimum absolute atomic E-state index is 0.355. The minimum Gasteiger partial charge on any atom is -0.324 e. The van der Waals surface area contributed by atoms with Gasteiger partial charge in [-0.3, -0.25) is 0 Å². The van der Waals surface area contributed by atoms with Gasteiger partial charge in [0.15, 0.2) is 5.82 Å². The van der Waals surface area contributed by atoms with Crippen molar-refractivity contribution in [3.05, 3.63) is 24.5 Å². The summed E-state index contributed by atoms with van der Waals surface area (Å²) < 4.78 is 1.65. The molecule has 2 N–H and O–H groups in total. The van der Waals surface area contributed by atoms with Gasteiger partial charge >= 0.3 is 0 Å². The molecule has 0 radical (unpaired) electrons. The zero-order valence-electron chi connectivity index (χ0n) is 5.81. The highest BCUT2D eigenvalue weighted by Crippen LogP contribution is 1.96. The lowest BCUT2D eigenvalue weighted by Gasteiger charge is -1.94. The van der Waals surface area contributed by atoms with Crippen LogP contribution >= 0.6 is 0 Å². The summed E-state index contributed by atoms with van der Waals surface area (Å²) in [6.07, 6.45) is 5.01. The molecule has 0 saturated carbocycles. The third-order valence-corrected chi connectivity index (χ3v) is 1.40. The Morgan fingerprint density at radius 2 is 2.36 bits per heavy atom.